The molecule has 0 spiro atoms. The van der Waals surface area contributed by atoms with Gasteiger partial charge >= 0.3 is 0 Å². The van der Waals surface area contributed by atoms with Crippen molar-refractivity contribution in [3.63, 3.8) is 0 Å². The summed E-state index contributed by atoms with van der Waals surface area (Å²) >= 11 is 0. The molecule has 2 heteroatoms. The van der Waals surface area contributed by atoms with Gasteiger partial charge in [0.25, 0.3) is 0 Å². The average Bonchev–Trinajstić information content (AvgIpc) is 2.44. The van der Waals surface area contributed by atoms with Crippen LogP contribution in [0.15, 0.2) is 18.2 Å². The summed E-state index contributed by atoms with van der Waals surface area (Å²) in [5.74, 6) is 0. The standard InChI is InChI=1S/C13H14N2/c1-9-5-6-13-11(7-9)12(8-14-3)10(2)15(13)4/h5-7H,8H2,1-2,4H3. The van der Waals surface area contributed by atoms with E-state index in [1.807, 2.05) is 0 Å². The topological polar surface area (TPSA) is 9.29 Å². The second kappa shape index (κ2) is 3.43. The quantitative estimate of drug-likeness (QED) is 0.622. The van der Waals surface area contributed by atoms with Gasteiger partial charge in [-0.1, -0.05) is 11.6 Å². The zero-order chi connectivity index (χ0) is 11.0. The molecule has 0 bridgehead atoms. The summed E-state index contributed by atoms with van der Waals surface area (Å²) < 4.78 is 2.16. The number of fused-ring (bicyclic) bond motifs is 1. The molecular formula is C13H14N2. The first-order chi connectivity index (χ1) is 7.15. The molecule has 0 unspecified atom stereocenters. The summed E-state index contributed by atoms with van der Waals surface area (Å²) in [6.45, 7) is 11.6. The van der Waals surface area contributed by atoms with Gasteiger partial charge in [0, 0.05) is 23.6 Å². The Bertz CT molecular complexity index is 556. The fourth-order valence-electron chi connectivity index (χ4n) is 2.04. The molecule has 0 radical (unpaired) electrons. The fraction of sp³-hybridized carbons (Fsp3) is 0.308. The summed E-state index contributed by atoms with van der Waals surface area (Å²) in [6, 6.07) is 6.41. The van der Waals surface area contributed by atoms with Gasteiger partial charge in [-0.05, 0) is 26.0 Å². The highest BCUT2D eigenvalue weighted by Crippen LogP contribution is 2.26. The Kier molecular flexibility index (Phi) is 2.24. The molecule has 2 nitrogen and oxygen atoms in total. The zero-order valence-corrected chi connectivity index (χ0v) is 9.33. The highest BCUT2D eigenvalue weighted by atomic mass is 14.9. The first-order valence-electron chi connectivity index (χ1n) is 5.03. The van der Waals surface area contributed by atoms with Gasteiger partial charge < -0.3 is 9.41 Å². The van der Waals surface area contributed by atoms with Gasteiger partial charge in [0.05, 0.1) is 5.56 Å². The lowest BCUT2D eigenvalue weighted by Crippen LogP contribution is -1.91. The molecule has 0 aliphatic heterocycles. The van der Waals surface area contributed by atoms with Crippen LogP contribution in [0.4, 0.5) is 0 Å². The van der Waals surface area contributed by atoms with Gasteiger partial charge in [0.1, 0.15) is 0 Å². The molecule has 0 aliphatic rings. The predicted molar refractivity (Wildman–Crippen MR) is 62.7 cm³/mol. The van der Waals surface area contributed by atoms with Crippen molar-refractivity contribution in [2.75, 3.05) is 0 Å². The van der Waals surface area contributed by atoms with E-state index in [0.29, 0.717) is 6.54 Å². The largest absolute Gasteiger partial charge is 0.347 e. The van der Waals surface area contributed by atoms with Gasteiger partial charge in [0.2, 0.25) is 6.54 Å². The summed E-state index contributed by atoms with van der Waals surface area (Å²) in [5, 5.41) is 1.23. The van der Waals surface area contributed by atoms with Crippen LogP contribution < -0.4 is 0 Å². The van der Waals surface area contributed by atoms with Crippen molar-refractivity contribution in [3.8, 4) is 0 Å². The molecule has 0 amide bonds. The maximum Gasteiger partial charge on any atom is 0.242 e. The van der Waals surface area contributed by atoms with Crippen molar-refractivity contribution in [2.24, 2.45) is 7.05 Å². The van der Waals surface area contributed by atoms with Crippen LogP contribution in [0, 0.1) is 20.4 Å². The summed E-state index contributed by atoms with van der Waals surface area (Å²) in [4.78, 5) is 3.50. The van der Waals surface area contributed by atoms with E-state index < -0.39 is 0 Å². The Morgan fingerprint density at radius 3 is 2.73 bits per heavy atom. The van der Waals surface area contributed by atoms with Crippen molar-refractivity contribution in [1.82, 2.24) is 4.57 Å². The minimum atomic E-state index is 0.479. The Morgan fingerprint density at radius 1 is 1.33 bits per heavy atom. The van der Waals surface area contributed by atoms with Crippen LogP contribution in [0.2, 0.25) is 0 Å². The third kappa shape index (κ3) is 1.41. The SMILES string of the molecule is [C-]#[N+]Cc1c(C)n(C)c2ccc(C)cc12. The van der Waals surface area contributed by atoms with E-state index in [0.717, 1.165) is 0 Å². The number of benzene rings is 1. The molecule has 0 saturated heterocycles. The second-order valence-electron chi connectivity index (χ2n) is 3.96. The minimum absolute atomic E-state index is 0.479. The molecule has 0 aliphatic carbocycles. The summed E-state index contributed by atoms with van der Waals surface area (Å²) in [7, 11) is 2.06. The van der Waals surface area contributed by atoms with E-state index in [9.17, 15) is 0 Å². The Labute approximate surface area is 90.0 Å². The van der Waals surface area contributed by atoms with Crippen LogP contribution in [0.5, 0.6) is 0 Å². The molecule has 15 heavy (non-hydrogen) atoms. The predicted octanol–water partition coefficient (Wildman–Crippen LogP) is 3.21. The Morgan fingerprint density at radius 2 is 2.07 bits per heavy atom. The van der Waals surface area contributed by atoms with E-state index in [-0.39, 0.29) is 0 Å². The number of nitrogens with zero attached hydrogens (tertiary/aromatic N) is 2. The third-order valence-electron chi connectivity index (χ3n) is 3.02. The van der Waals surface area contributed by atoms with E-state index >= 15 is 0 Å². The highest BCUT2D eigenvalue weighted by molar-refractivity contribution is 5.86. The van der Waals surface area contributed by atoms with Gasteiger partial charge in [-0.2, -0.15) is 0 Å². The number of rotatable bonds is 1. The Hall–Kier alpha value is -1.75. The molecule has 1 aromatic carbocycles. The van der Waals surface area contributed by atoms with Crippen molar-refractivity contribution >= 4 is 10.9 Å². The number of hydrogen-bond donors (Lipinski definition) is 0. The van der Waals surface area contributed by atoms with Crippen LogP contribution in [0.1, 0.15) is 16.8 Å². The number of aromatic nitrogens is 1. The van der Waals surface area contributed by atoms with E-state index in [2.05, 4.69) is 48.5 Å². The number of aryl methyl sites for hydroxylation is 2. The van der Waals surface area contributed by atoms with Crippen LogP contribution in [-0.2, 0) is 13.6 Å². The van der Waals surface area contributed by atoms with Crippen molar-refractivity contribution < 1.29 is 0 Å². The maximum absolute atomic E-state index is 6.99. The molecule has 0 atom stereocenters. The normalized spacial score (nSPS) is 10.5. The first kappa shape index (κ1) is 9.79. The van der Waals surface area contributed by atoms with Crippen molar-refractivity contribution in [2.45, 2.75) is 20.4 Å². The van der Waals surface area contributed by atoms with Gasteiger partial charge in [-0.15, -0.1) is 0 Å². The molecule has 0 saturated carbocycles. The summed E-state index contributed by atoms with van der Waals surface area (Å²) in [6.07, 6.45) is 0. The lowest BCUT2D eigenvalue weighted by atomic mass is 10.1. The van der Waals surface area contributed by atoms with E-state index in [4.69, 9.17) is 6.57 Å². The van der Waals surface area contributed by atoms with E-state index in [1.165, 1.54) is 27.7 Å². The molecule has 0 N–H and O–H groups in total. The molecule has 1 heterocycles. The Balaban J connectivity index is 2.83. The molecule has 2 aromatic rings. The lowest BCUT2D eigenvalue weighted by Gasteiger charge is -1.98. The van der Waals surface area contributed by atoms with Crippen LogP contribution >= 0.6 is 0 Å². The maximum atomic E-state index is 6.99. The monoisotopic (exact) mass is 198 g/mol. The van der Waals surface area contributed by atoms with Gasteiger partial charge in [-0.25, -0.2) is 6.57 Å². The zero-order valence-electron chi connectivity index (χ0n) is 9.33. The highest BCUT2D eigenvalue weighted by Gasteiger charge is 2.13. The molecule has 76 valence electrons. The van der Waals surface area contributed by atoms with E-state index in [1.54, 1.807) is 0 Å². The molecular weight excluding hydrogens is 184 g/mol. The third-order valence-corrected chi connectivity index (χ3v) is 3.02. The molecule has 0 fully saturated rings. The van der Waals surface area contributed by atoms with Crippen LogP contribution in [0.3, 0.4) is 0 Å². The molecule has 1 aromatic heterocycles. The second-order valence-corrected chi connectivity index (χ2v) is 3.96. The van der Waals surface area contributed by atoms with Gasteiger partial charge in [-0.3, -0.25) is 0 Å². The fourth-order valence-corrected chi connectivity index (χ4v) is 2.04. The minimum Gasteiger partial charge on any atom is -0.347 e. The van der Waals surface area contributed by atoms with Gasteiger partial charge in [0.15, 0.2) is 0 Å². The van der Waals surface area contributed by atoms with Crippen LogP contribution in [-0.4, -0.2) is 4.57 Å². The lowest BCUT2D eigenvalue weighted by molar-refractivity contribution is 0.905. The van der Waals surface area contributed by atoms with Crippen LogP contribution in [0.25, 0.3) is 15.7 Å². The van der Waals surface area contributed by atoms with Crippen molar-refractivity contribution in [3.05, 3.63) is 46.4 Å². The smallest absolute Gasteiger partial charge is 0.242 e. The number of hydrogen-bond acceptors (Lipinski definition) is 0. The van der Waals surface area contributed by atoms with Crippen molar-refractivity contribution in [1.29, 1.82) is 0 Å². The summed E-state index contributed by atoms with van der Waals surface area (Å²) in [5.41, 5.74) is 4.84. The first-order valence-corrected chi connectivity index (χ1v) is 5.03. The molecule has 2 rings (SSSR count). The average molecular weight is 198 g/mol.